The van der Waals surface area contributed by atoms with Crippen LogP contribution in [0, 0.1) is 5.92 Å². The van der Waals surface area contributed by atoms with Crippen molar-refractivity contribution in [3.05, 3.63) is 0 Å². The molecule has 0 aliphatic carbocycles. The van der Waals surface area contributed by atoms with Gasteiger partial charge in [0.05, 0.1) is 5.92 Å². The van der Waals surface area contributed by atoms with Gasteiger partial charge in [0.15, 0.2) is 0 Å². The second-order valence-electron chi connectivity index (χ2n) is 5.17. The Bertz CT molecular complexity index is 322. The van der Waals surface area contributed by atoms with Crippen molar-refractivity contribution in [1.29, 1.82) is 0 Å². The van der Waals surface area contributed by atoms with Gasteiger partial charge in [-0.25, -0.2) is 4.79 Å². The third kappa shape index (κ3) is 3.60. The summed E-state index contributed by atoms with van der Waals surface area (Å²) in [6.07, 6.45) is 0. The third-order valence-electron chi connectivity index (χ3n) is 3.58. The maximum Gasteiger partial charge on any atom is 0.317 e. The molecule has 104 valence electrons. The zero-order chi connectivity index (χ0) is 13.9. The van der Waals surface area contributed by atoms with Crippen molar-refractivity contribution >= 4 is 12.0 Å². The fraction of sp³-hybridized carbons (Fsp3) is 0.833. The second kappa shape index (κ2) is 6.04. The van der Waals surface area contributed by atoms with Crippen LogP contribution in [0.3, 0.4) is 0 Å². The van der Waals surface area contributed by atoms with Crippen molar-refractivity contribution in [2.75, 3.05) is 26.7 Å². The lowest BCUT2D eigenvalue weighted by atomic mass is 10.0. The number of urea groups is 1. The van der Waals surface area contributed by atoms with E-state index in [-0.39, 0.29) is 18.1 Å². The van der Waals surface area contributed by atoms with Crippen LogP contribution in [-0.2, 0) is 4.79 Å². The fourth-order valence-electron chi connectivity index (χ4n) is 2.06. The van der Waals surface area contributed by atoms with E-state index in [9.17, 15) is 9.59 Å². The number of aliphatic carboxylic acids is 1. The van der Waals surface area contributed by atoms with Crippen molar-refractivity contribution in [2.45, 2.75) is 32.9 Å². The number of nitrogens with one attached hydrogen (secondary N) is 1. The second-order valence-corrected chi connectivity index (χ2v) is 5.17. The number of hydrogen-bond donors (Lipinski definition) is 2. The Labute approximate surface area is 108 Å². The van der Waals surface area contributed by atoms with E-state index >= 15 is 0 Å². The molecule has 0 bridgehead atoms. The minimum Gasteiger partial charge on any atom is -0.481 e. The smallest absolute Gasteiger partial charge is 0.317 e. The number of carboxylic acids is 1. The first kappa shape index (κ1) is 14.8. The Morgan fingerprint density at radius 1 is 1.33 bits per heavy atom. The van der Waals surface area contributed by atoms with Crippen LogP contribution in [-0.4, -0.2) is 65.7 Å². The standard InChI is InChI=1S/C12H23N3O3/c1-8-7-14(4)5-6-15(8)12(18)13-10(3)9(2)11(16)17/h8-10H,5-7H2,1-4H3,(H,13,18)(H,16,17). The van der Waals surface area contributed by atoms with Crippen molar-refractivity contribution in [1.82, 2.24) is 15.1 Å². The van der Waals surface area contributed by atoms with Gasteiger partial charge in [0.2, 0.25) is 0 Å². The third-order valence-corrected chi connectivity index (χ3v) is 3.58. The minimum atomic E-state index is -0.894. The molecule has 1 fully saturated rings. The molecule has 18 heavy (non-hydrogen) atoms. The Hall–Kier alpha value is -1.30. The van der Waals surface area contributed by atoms with E-state index in [0.29, 0.717) is 6.54 Å². The molecule has 1 rings (SSSR count). The summed E-state index contributed by atoms with van der Waals surface area (Å²) in [5.41, 5.74) is 0. The number of hydrogen-bond acceptors (Lipinski definition) is 3. The van der Waals surface area contributed by atoms with Crippen LogP contribution in [0.15, 0.2) is 0 Å². The minimum absolute atomic E-state index is 0.149. The van der Waals surface area contributed by atoms with Crippen LogP contribution in [0.4, 0.5) is 4.79 Å². The Morgan fingerprint density at radius 2 is 1.94 bits per heavy atom. The predicted octanol–water partition coefficient (Wildman–Crippen LogP) is 0.441. The molecular formula is C12H23N3O3. The molecule has 1 aliphatic rings. The summed E-state index contributed by atoms with van der Waals surface area (Å²) in [4.78, 5) is 26.8. The van der Waals surface area contributed by atoms with Crippen LogP contribution >= 0.6 is 0 Å². The van der Waals surface area contributed by atoms with Crippen LogP contribution in [0.5, 0.6) is 0 Å². The maximum absolute atomic E-state index is 12.1. The zero-order valence-electron chi connectivity index (χ0n) is 11.5. The van der Waals surface area contributed by atoms with Crippen molar-refractivity contribution in [3.8, 4) is 0 Å². The van der Waals surface area contributed by atoms with Crippen LogP contribution in [0.25, 0.3) is 0 Å². The van der Waals surface area contributed by atoms with Crippen LogP contribution in [0.1, 0.15) is 20.8 Å². The average molecular weight is 257 g/mol. The molecule has 0 saturated carbocycles. The van der Waals surface area contributed by atoms with E-state index in [4.69, 9.17) is 5.11 Å². The Morgan fingerprint density at radius 3 is 2.44 bits per heavy atom. The highest BCUT2D eigenvalue weighted by molar-refractivity contribution is 5.77. The van der Waals surface area contributed by atoms with Crippen molar-refractivity contribution in [3.63, 3.8) is 0 Å². The first-order chi connectivity index (χ1) is 8.32. The van der Waals surface area contributed by atoms with Crippen molar-refractivity contribution in [2.24, 2.45) is 5.92 Å². The lowest BCUT2D eigenvalue weighted by Gasteiger charge is -2.38. The van der Waals surface area contributed by atoms with Crippen molar-refractivity contribution < 1.29 is 14.7 Å². The number of carbonyl (C=O) groups excluding carboxylic acids is 1. The van der Waals surface area contributed by atoms with Gasteiger partial charge in [-0.2, -0.15) is 0 Å². The first-order valence-corrected chi connectivity index (χ1v) is 6.31. The SMILES string of the molecule is CC(NC(=O)N1CCN(C)CC1C)C(C)C(=O)O. The van der Waals surface area contributed by atoms with Gasteiger partial charge in [-0.05, 0) is 27.8 Å². The van der Waals surface area contributed by atoms with Gasteiger partial charge in [0.25, 0.3) is 0 Å². The summed E-state index contributed by atoms with van der Waals surface area (Å²) in [7, 11) is 2.03. The summed E-state index contributed by atoms with van der Waals surface area (Å²) in [5, 5.41) is 11.7. The molecule has 6 heteroatoms. The molecule has 0 aromatic carbocycles. The van der Waals surface area contributed by atoms with Gasteiger partial charge in [-0.15, -0.1) is 0 Å². The van der Waals surface area contributed by atoms with Gasteiger partial charge in [0.1, 0.15) is 0 Å². The number of likely N-dealkylation sites (N-methyl/N-ethyl adjacent to an activating group) is 1. The molecule has 3 atom stereocenters. The quantitative estimate of drug-likeness (QED) is 0.769. The summed E-state index contributed by atoms with van der Waals surface area (Å²) < 4.78 is 0. The summed E-state index contributed by atoms with van der Waals surface area (Å²) in [5.74, 6) is -1.48. The number of amides is 2. The van der Waals surface area contributed by atoms with E-state index in [1.165, 1.54) is 0 Å². The van der Waals surface area contributed by atoms with Gasteiger partial charge in [-0.3, -0.25) is 4.79 Å². The van der Waals surface area contributed by atoms with E-state index in [2.05, 4.69) is 10.2 Å². The highest BCUT2D eigenvalue weighted by atomic mass is 16.4. The molecule has 0 radical (unpaired) electrons. The number of carbonyl (C=O) groups is 2. The average Bonchev–Trinajstić information content (AvgIpc) is 2.27. The van der Waals surface area contributed by atoms with Crippen LogP contribution in [0.2, 0.25) is 0 Å². The summed E-state index contributed by atoms with van der Waals surface area (Å²) >= 11 is 0. The van der Waals surface area contributed by atoms with Crippen LogP contribution < -0.4 is 5.32 Å². The molecule has 1 aliphatic heterocycles. The zero-order valence-corrected chi connectivity index (χ0v) is 11.5. The highest BCUT2D eigenvalue weighted by Crippen LogP contribution is 2.09. The molecular weight excluding hydrogens is 234 g/mol. The number of carboxylic acid groups (broad SMARTS) is 1. The molecule has 1 heterocycles. The number of nitrogens with zero attached hydrogens (tertiary/aromatic N) is 2. The Kier molecular flexibility index (Phi) is 4.95. The highest BCUT2D eigenvalue weighted by Gasteiger charge is 2.28. The molecule has 0 aromatic heterocycles. The topological polar surface area (TPSA) is 72.9 Å². The summed E-state index contributed by atoms with van der Waals surface area (Å²) in [6, 6.07) is -0.394. The van der Waals surface area contributed by atoms with E-state index < -0.39 is 11.9 Å². The number of piperazine rings is 1. The molecule has 6 nitrogen and oxygen atoms in total. The van der Waals surface area contributed by atoms with E-state index in [1.807, 2.05) is 14.0 Å². The fourth-order valence-corrected chi connectivity index (χ4v) is 2.06. The van der Waals surface area contributed by atoms with Gasteiger partial charge in [0, 0.05) is 31.7 Å². The lowest BCUT2D eigenvalue weighted by molar-refractivity contribution is -0.141. The summed E-state index contributed by atoms with van der Waals surface area (Å²) in [6.45, 7) is 7.69. The molecule has 3 unspecified atom stereocenters. The van der Waals surface area contributed by atoms with Gasteiger partial charge >= 0.3 is 12.0 Å². The maximum atomic E-state index is 12.1. The lowest BCUT2D eigenvalue weighted by Crippen LogP contribution is -2.57. The van der Waals surface area contributed by atoms with Gasteiger partial charge < -0.3 is 20.2 Å². The monoisotopic (exact) mass is 257 g/mol. The Balaban J connectivity index is 2.52. The normalized spacial score (nSPS) is 24.4. The molecule has 2 N–H and O–H groups in total. The first-order valence-electron chi connectivity index (χ1n) is 6.31. The predicted molar refractivity (Wildman–Crippen MR) is 68.5 cm³/mol. The molecule has 1 saturated heterocycles. The van der Waals surface area contributed by atoms with E-state index in [1.54, 1.807) is 18.7 Å². The van der Waals surface area contributed by atoms with Gasteiger partial charge in [-0.1, -0.05) is 0 Å². The molecule has 2 amide bonds. The number of rotatable bonds is 3. The van der Waals surface area contributed by atoms with E-state index in [0.717, 1.165) is 13.1 Å². The molecule has 0 aromatic rings. The largest absolute Gasteiger partial charge is 0.481 e. The molecule has 0 spiro atoms.